The first kappa shape index (κ1) is 13.2. The van der Waals surface area contributed by atoms with Crippen LogP contribution < -0.4 is 11.1 Å². The number of hydrogen-bond acceptors (Lipinski definition) is 2. The van der Waals surface area contributed by atoms with Gasteiger partial charge in [-0.05, 0) is 35.7 Å². The number of nitrogen functional groups attached to an aromatic ring is 1. The molecule has 1 heterocycles. The van der Waals surface area contributed by atoms with Gasteiger partial charge in [-0.2, -0.15) is 0 Å². The summed E-state index contributed by atoms with van der Waals surface area (Å²) in [4.78, 5) is 12.1. The highest BCUT2D eigenvalue weighted by Gasteiger charge is 2.07. The average Bonchev–Trinajstić information content (AvgIpc) is 2.86. The van der Waals surface area contributed by atoms with E-state index in [2.05, 4.69) is 5.32 Å². The molecule has 0 radical (unpaired) electrons. The van der Waals surface area contributed by atoms with E-state index in [4.69, 9.17) is 5.73 Å². The summed E-state index contributed by atoms with van der Waals surface area (Å²) in [5, 5.41) is 3.79. The molecule has 1 aromatic heterocycles. The molecule has 5 heteroatoms. The predicted octanol–water partition coefficient (Wildman–Crippen LogP) is 3.00. The van der Waals surface area contributed by atoms with Crippen molar-refractivity contribution >= 4 is 28.2 Å². The number of halogens is 1. The molecule has 3 rings (SSSR count). The smallest absolute Gasteiger partial charge is 0.244 e. The van der Waals surface area contributed by atoms with Crippen molar-refractivity contribution in [2.75, 3.05) is 11.1 Å². The van der Waals surface area contributed by atoms with E-state index in [9.17, 15) is 9.18 Å². The molecule has 0 fully saturated rings. The quantitative estimate of drug-likeness (QED) is 0.726. The lowest BCUT2D eigenvalue weighted by atomic mass is 10.2. The third kappa shape index (κ3) is 2.72. The minimum atomic E-state index is -0.496. The van der Waals surface area contributed by atoms with Crippen LogP contribution in [-0.4, -0.2) is 10.5 Å². The highest BCUT2D eigenvalue weighted by atomic mass is 19.1. The first-order valence-electron chi connectivity index (χ1n) is 6.52. The average molecular weight is 283 g/mol. The molecule has 0 aliphatic rings. The maximum Gasteiger partial charge on any atom is 0.244 e. The predicted molar refractivity (Wildman–Crippen MR) is 81.4 cm³/mol. The Labute approximate surface area is 121 Å². The van der Waals surface area contributed by atoms with Gasteiger partial charge in [-0.15, -0.1) is 0 Å². The number of benzene rings is 2. The third-order valence-electron chi connectivity index (χ3n) is 3.27. The second-order valence-electron chi connectivity index (χ2n) is 4.79. The zero-order chi connectivity index (χ0) is 14.8. The molecule has 0 saturated carbocycles. The van der Waals surface area contributed by atoms with E-state index in [0.717, 1.165) is 10.9 Å². The molecule has 106 valence electrons. The van der Waals surface area contributed by atoms with Gasteiger partial charge in [0.05, 0.1) is 5.69 Å². The molecular weight excluding hydrogens is 269 g/mol. The number of para-hydroxylation sites is 1. The van der Waals surface area contributed by atoms with E-state index in [-0.39, 0.29) is 18.1 Å². The molecule has 21 heavy (non-hydrogen) atoms. The second-order valence-corrected chi connectivity index (χ2v) is 4.79. The zero-order valence-corrected chi connectivity index (χ0v) is 11.2. The summed E-state index contributed by atoms with van der Waals surface area (Å²) in [6, 6.07) is 13.9. The van der Waals surface area contributed by atoms with Crippen molar-refractivity contribution in [2.45, 2.75) is 6.54 Å². The topological polar surface area (TPSA) is 60.0 Å². The Kier molecular flexibility index (Phi) is 3.31. The Morgan fingerprint density at radius 2 is 2.00 bits per heavy atom. The monoisotopic (exact) mass is 283 g/mol. The Morgan fingerprint density at radius 3 is 2.81 bits per heavy atom. The number of nitrogens with one attached hydrogen (secondary N) is 1. The van der Waals surface area contributed by atoms with E-state index in [1.165, 1.54) is 18.2 Å². The van der Waals surface area contributed by atoms with Gasteiger partial charge < -0.3 is 15.6 Å². The third-order valence-corrected chi connectivity index (χ3v) is 3.27. The molecule has 0 aliphatic carbocycles. The molecule has 2 aromatic carbocycles. The van der Waals surface area contributed by atoms with Crippen molar-refractivity contribution in [3.8, 4) is 0 Å². The first-order chi connectivity index (χ1) is 10.1. The van der Waals surface area contributed by atoms with E-state index in [1.54, 1.807) is 0 Å². The molecule has 0 unspecified atom stereocenters. The zero-order valence-electron chi connectivity index (χ0n) is 11.2. The van der Waals surface area contributed by atoms with Crippen molar-refractivity contribution in [1.82, 2.24) is 4.57 Å². The molecule has 3 N–H and O–H groups in total. The van der Waals surface area contributed by atoms with Crippen LogP contribution in [0.15, 0.2) is 54.7 Å². The van der Waals surface area contributed by atoms with Crippen LogP contribution in [-0.2, 0) is 11.3 Å². The van der Waals surface area contributed by atoms with Crippen molar-refractivity contribution in [2.24, 2.45) is 0 Å². The van der Waals surface area contributed by atoms with E-state index >= 15 is 0 Å². The summed E-state index contributed by atoms with van der Waals surface area (Å²) in [5.41, 5.74) is 6.96. The van der Waals surface area contributed by atoms with Crippen LogP contribution in [0, 0.1) is 5.82 Å². The summed E-state index contributed by atoms with van der Waals surface area (Å²) in [7, 11) is 0. The van der Waals surface area contributed by atoms with Gasteiger partial charge in [-0.1, -0.05) is 18.2 Å². The molecule has 0 saturated heterocycles. The number of nitrogens with two attached hydrogens (primary N) is 1. The second kappa shape index (κ2) is 5.28. The molecule has 0 spiro atoms. The van der Waals surface area contributed by atoms with Gasteiger partial charge in [0.2, 0.25) is 5.91 Å². The van der Waals surface area contributed by atoms with Crippen molar-refractivity contribution in [3.63, 3.8) is 0 Å². The lowest BCUT2D eigenvalue weighted by molar-refractivity contribution is -0.116. The van der Waals surface area contributed by atoms with Crippen LogP contribution in [0.1, 0.15) is 0 Å². The van der Waals surface area contributed by atoms with Gasteiger partial charge in [0.15, 0.2) is 0 Å². The number of amides is 1. The number of carbonyl (C=O) groups excluding carboxylic acids is 1. The number of anilines is 2. The number of fused-ring (bicyclic) bond motifs is 1. The maximum absolute atomic E-state index is 13.1. The standard InChI is InChI=1S/C16H14FN3O/c17-13-6-5-12(9-14(13)18)19-16(21)10-20-8-7-11-3-1-2-4-15(11)20/h1-9H,10,18H2,(H,19,21). The summed E-state index contributed by atoms with van der Waals surface area (Å²) >= 11 is 0. The molecular formula is C16H14FN3O. The van der Waals surface area contributed by atoms with Gasteiger partial charge in [-0.3, -0.25) is 4.79 Å². The number of rotatable bonds is 3. The van der Waals surface area contributed by atoms with Gasteiger partial charge in [0, 0.05) is 17.4 Å². The van der Waals surface area contributed by atoms with E-state index < -0.39 is 5.82 Å². The van der Waals surface area contributed by atoms with Crippen LogP contribution in [0.4, 0.5) is 15.8 Å². The van der Waals surface area contributed by atoms with Gasteiger partial charge >= 0.3 is 0 Å². The SMILES string of the molecule is Nc1cc(NC(=O)Cn2ccc3ccccc32)ccc1F. The highest BCUT2D eigenvalue weighted by Crippen LogP contribution is 2.17. The van der Waals surface area contributed by atoms with Crippen LogP contribution >= 0.6 is 0 Å². The van der Waals surface area contributed by atoms with Gasteiger partial charge in [-0.25, -0.2) is 4.39 Å². The number of carbonyl (C=O) groups is 1. The van der Waals surface area contributed by atoms with Crippen LogP contribution in [0.2, 0.25) is 0 Å². The van der Waals surface area contributed by atoms with Gasteiger partial charge in [0.1, 0.15) is 12.4 Å². The molecule has 0 aliphatic heterocycles. The molecule has 1 amide bonds. The lowest BCUT2D eigenvalue weighted by Crippen LogP contribution is -2.18. The van der Waals surface area contributed by atoms with Crippen LogP contribution in [0.3, 0.4) is 0 Å². The molecule has 4 nitrogen and oxygen atoms in total. The minimum Gasteiger partial charge on any atom is -0.396 e. The normalized spacial score (nSPS) is 10.7. The Bertz CT molecular complexity index is 810. The molecule has 0 atom stereocenters. The number of nitrogens with zero attached hydrogens (tertiary/aromatic N) is 1. The molecule has 0 bridgehead atoms. The summed E-state index contributed by atoms with van der Waals surface area (Å²) in [6.07, 6.45) is 1.86. The maximum atomic E-state index is 13.1. The van der Waals surface area contributed by atoms with Crippen LogP contribution in [0.25, 0.3) is 10.9 Å². The minimum absolute atomic E-state index is 0.0132. The lowest BCUT2D eigenvalue weighted by Gasteiger charge is -2.08. The molecule has 3 aromatic rings. The Balaban J connectivity index is 1.75. The van der Waals surface area contributed by atoms with Crippen molar-refractivity contribution in [3.05, 3.63) is 60.5 Å². The fraction of sp³-hybridized carbons (Fsp3) is 0.0625. The first-order valence-corrected chi connectivity index (χ1v) is 6.52. The van der Waals surface area contributed by atoms with Crippen molar-refractivity contribution in [1.29, 1.82) is 0 Å². The van der Waals surface area contributed by atoms with Crippen molar-refractivity contribution < 1.29 is 9.18 Å². The Morgan fingerprint density at radius 1 is 1.19 bits per heavy atom. The fourth-order valence-electron chi connectivity index (χ4n) is 2.26. The number of hydrogen-bond donors (Lipinski definition) is 2. The van der Waals surface area contributed by atoms with Gasteiger partial charge in [0.25, 0.3) is 0 Å². The van der Waals surface area contributed by atoms with Crippen LogP contribution in [0.5, 0.6) is 0 Å². The van der Waals surface area contributed by atoms with E-state index in [1.807, 2.05) is 41.1 Å². The highest BCUT2D eigenvalue weighted by molar-refractivity contribution is 5.92. The summed E-state index contributed by atoms with van der Waals surface area (Å²) in [5.74, 6) is -0.688. The summed E-state index contributed by atoms with van der Waals surface area (Å²) in [6.45, 7) is 0.185. The summed E-state index contributed by atoms with van der Waals surface area (Å²) < 4.78 is 14.9. The fourth-order valence-corrected chi connectivity index (χ4v) is 2.26. The Hall–Kier alpha value is -2.82. The number of aromatic nitrogens is 1. The largest absolute Gasteiger partial charge is 0.396 e. The van der Waals surface area contributed by atoms with E-state index in [0.29, 0.717) is 5.69 Å².